The number of methoxy groups -OCH3 is 1. The number of thiocarbonyl (C=S) groups is 1. The first kappa shape index (κ1) is 26.4. The molecule has 1 heterocycles. The molecule has 6 nitrogen and oxygen atoms in total. The molecule has 4 rings (SSSR count). The van der Waals surface area contributed by atoms with Crippen LogP contribution < -0.4 is 14.8 Å². The van der Waals surface area contributed by atoms with Crippen molar-refractivity contribution in [3.8, 4) is 11.5 Å². The summed E-state index contributed by atoms with van der Waals surface area (Å²) in [6, 6.07) is 22.6. The number of aryl methyl sites for hydroxylation is 1. The number of para-hydroxylation sites is 1. The minimum Gasteiger partial charge on any atom is -0.493 e. The maximum atomic E-state index is 13.2. The summed E-state index contributed by atoms with van der Waals surface area (Å²) in [6.07, 6.45) is 2.61. The van der Waals surface area contributed by atoms with Crippen LogP contribution in [0.5, 0.6) is 11.5 Å². The number of carbonyl (C=O) groups is 2. The van der Waals surface area contributed by atoms with E-state index in [1.165, 1.54) is 18.9 Å². The average molecular weight is 533 g/mol. The minimum absolute atomic E-state index is 0.130. The number of ether oxygens (including phenoxy) is 2. The minimum atomic E-state index is -0.261. The van der Waals surface area contributed by atoms with Gasteiger partial charge in [-0.3, -0.25) is 14.5 Å². The third-order valence-electron chi connectivity index (χ3n) is 6.01. The van der Waals surface area contributed by atoms with Gasteiger partial charge < -0.3 is 14.8 Å². The van der Waals surface area contributed by atoms with E-state index in [0.29, 0.717) is 20.7 Å². The van der Waals surface area contributed by atoms with Gasteiger partial charge in [-0.2, -0.15) is 0 Å². The number of nitrogens with zero attached hydrogens (tertiary/aromatic N) is 1. The highest BCUT2D eigenvalue weighted by molar-refractivity contribution is 8.26. The predicted molar refractivity (Wildman–Crippen MR) is 153 cm³/mol. The molecular weight excluding hydrogens is 504 g/mol. The van der Waals surface area contributed by atoms with Gasteiger partial charge in [0.15, 0.2) is 18.1 Å². The van der Waals surface area contributed by atoms with Crippen molar-refractivity contribution in [3.05, 3.63) is 94.4 Å². The molecule has 2 amide bonds. The van der Waals surface area contributed by atoms with Crippen LogP contribution in [0.1, 0.15) is 36.6 Å². The van der Waals surface area contributed by atoms with Crippen molar-refractivity contribution in [3.63, 3.8) is 0 Å². The van der Waals surface area contributed by atoms with Gasteiger partial charge in [-0.1, -0.05) is 85.5 Å². The Bertz CT molecular complexity index is 1340. The van der Waals surface area contributed by atoms with Crippen LogP contribution in [0.4, 0.5) is 5.69 Å². The molecule has 0 aromatic heterocycles. The first-order chi connectivity index (χ1) is 17.9. The summed E-state index contributed by atoms with van der Waals surface area (Å²) in [5.41, 5.74) is 3.62. The Kier molecular flexibility index (Phi) is 8.63. The summed E-state index contributed by atoms with van der Waals surface area (Å²) >= 11 is 6.80. The van der Waals surface area contributed by atoms with Crippen LogP contribution in [0.15, 0.2) is 77.7 Å². The van der Waals surface area contributed by atoms with Crippen LogP contribution in [0.25, 0.3) is 6.08 Å². The number of thioether (sulfide) groups is 1. The average Bonchev–Trinajstić information content (AvgIpc) is 3.20. The Morgan fingerprint density at radius 2 is 1.81 bits per heavy atom. The number of rotatable bonds is 9. The van der Waals surface area contributed by atoms with E-state index in [-0.39, 0.29) is 24.5 Å². The molecule has 1 saturated heterocycles. The van der Waals surface area contributed by atoms with Crippen LogP contribution >= 0.6 is 24.0 Å². The van der Waals surface area contributed by atoms with E-state index in [4.69, 9.17) is 21.7 Å². The summed E-state index contributed by atoms with van der Waals surface area (Å²) in [5, 5.41) is 2.89. The number of hydrogen-bond donors (Lipinski definition) is 1. The molecule has 0 saturated carbocycles. The summed E-state index contributed by atoms with van der Waals surface area (Å²) in [7, 11) is 1.53. The molecule has 0 radical (unpaired) electrons. The molecule has 1 fully saturated rings. The van der Waals surface area contributed by atoms with E-state index in [2.05, 4.69) is 5.32 Å². The van der Waals surface area contributed by atoms with Crippen molar-refractivity contribution < 1.29 is 19.1 Å². The maximum Gasteiger partial charge on any atom is 0.266 e. The Hall–Kier alpha value is -3.62. The predicted octanol–water partition coefficient (Wildman–Crippen LogP) is 6.24. The van der Waals surface area contributed by atoms with E-state index in [0.717, 1.165) is 28.8 Å². The SMILES string of the molecule is CCc1ccccc1NC(=O)COc1ccc(/C=C2\SC(=S)N([C@H](C)c3ccccc3)C2=O)cc1OC. The topological polar surface area (TPSA) is 67.9 Å². The monoisotopic (exact) mass is 532 g/mol. The summed E-state index contributed by atoms with van der Waals surface area (Å²) in [6.45, 7) is 3.84. The normalized spacial score (nSPS) is 15.1. The zero-order chi connectivity index (χ0) is 26.4. The lowest BCUT2D eigenvalue weighted by Crippen LogP contribution is -2.30. The van der Waals surface area contributed by atoms with Gasteiger partial charge in [0.25, 0.3) is 11.8 Å². The third-order valence-corrected chi connectivity index (χ3v) is 7.34. The molecule has 3 aromatic carbocycles. The Balaban J connectivity index is 1.44. The lowest BCUT2D eigenvalue weighted by Gasteiger charge is -2.23. The molecule has 190 valence electrons. The third kappa shape index (κ3) is 6.21. The lowest BCUT2D eigenvalue weighted by molar-refractivity contribution is -0.123. The second-order valence-electron chi connectivity index (χ2n) is 8.40. The number of nitrogens with one attached hydrogen (secondary N) is 1. The molecular formula is C29H28N2O4S2. The van der Waals surface area contributed by atoms with Crippen molar-refractivity contribution in [2.45, 2.75) is 26.3 Å². The number of anilines is 1. The standard InChI is InChI=1S/C29H28N2O4S2/c1-4-21-10-8-9-13-23(21)30-27(32)18-35-24-15-14-20(16-25(24)34-3)17-26-28(33)31(29(36)37-26)19(2)22-11-6-5-7-12-22/h5-17,19H,4,18H2,1-3H3,(H,30,32)/b26-17-/t19-/m1/s1. The molecule has 1 N–H and O–H groups in total. The summed E-state index contributed by atoms with van der Waals surface area (Å²) < 4.78 is 11.7. The maximum absolute atomic E-state index is 13.2. The highest BCUT2D eigenvalue weighted by Gasteiger charge is 2.35. The fraction of sp³-hybridized carbons (Fsp3) is 0.207. The van der Waals surface area contributed by atoms with Gasteiger partial charge >= 0.3 is 0 Å². The number of hydrogen-bond acceptors (Lipinski definition) is 6. The molecule has 0 bridgehead atoms. The van der Waals surface area contributed by atoms with Crippen LogP contribution in [0.2, 0.25) is 0 Å². The van der Waals surface area contributed by atoms with Gasteiger partial charge in [-0.05, 0) is 54.3 Å². The number of carbonyl (C=O) groups excluding carboxylic acids is 2. The van der Waals surface area contributed by atoms with Crippen LogP contribution in [-0.4, -0.2) is 34.8 Å². The molecule has 37 heavy (non-hydrogen) atoms. The molecule has 0 unspecified atom stereocenters. The van der Waals surface area contributed by atoms with Gasteiger partial charge in [-0.25, -0.2) is 0 Å². The first-order valence-corrected chi connectivity index (χ1v) is 13.1. The lowest BCUT2D eigenvalue weighted by atomic mass is 10.1. The van der Waals surface area contributed by atoms with E-state index >= 15 is 0 Å². The van der Waals surface area contributed by atoms with Gasteiger partial charge in [-0.15, -0.1) is 0 Å². The van der Waals surface area contributed by atoms with Crippen molar-refractivity contribution in [1.29, 1.82) is 0 Å². The summed E-state index contributed by atoms with van der Waals surface area (Å²) in [5.74, 6) is 0.505. The largest absolute Gasteiger partial charge is 0.493 e. The fourth-order valence-corrected chi connectivity index (χ4v) is 5.44. The molecule has 8 heteroatoms. The van der Waals surface area contributed by atoms with Crippen molar-refractivity contribution in [2.75, 3.05) is 19.0 Å². The van der Waals surface area contributed by atoms with Crippen LogP contribution in [0, 0.1) is 0 Å². The highest BCUT2D eigenvalue weighted by Crippen LogP contribution is 2.39. The highest BCUT2D eigenvalue weighted by atomic mass is 32.2. The van der Waals surface area contributed by atoms with Crippen molar-refractivity contribution in [2.24, 2.45) is 0 Å². The van der Waals surface area contributed by atoms with Gasteiger partial charge in [0, 0.05) is 5.69 Å². The molecule has 1 aliphatic heterocycles. The van der Waals surface area contributed by atoms with E-state index < -0.39 is 0 Å². The van der Waals surface area contributed by atoms with E-state index in [9.17, 15) is 9.59 Å². The van der Waals surface area contributed by atoms with Crippen LogP contribution in [0.3, 0.4) is 0 Å². The van der Waals surface area contributed by atoms with Crippen molar-refractivity contribution >= 4 is 51.9 Å². The fourth-order valence-electron chi connectivity index (χ4n) is 4.02. The molecule has 1 aliphatic rings. The molecule has 0 aliphatic carbocycles. The summed E-state index contributed by atoms with van der Waals surface area (Å²) in [4.78, 5) is 27.8. The molecule has 3 aromatic rings. The quantitative estimate of drug-likeness (QED) is 0.260. The molecule has 1 atom stereocenters. The molecule has 0 spiro atoms. The smallest absolute Gasteiger partial charge is 0.266 e. The van der Waals surface area contributed by atoms with Crippen LogP contribution in [-0.2, 0) is 16.0 Å². The first-order valence-electron chi connectivity index (χ1n) is 11.9. The van der Waals surface area contributed by atoms with Gasteiger partial charge in [0.1, 0.15) is 4.32 Å². The van der Waals surface area contributed by atoms with E-state index in [1.54, 1.807) is 23.1 Å². The second kappa shape index (κ2) is 12.1. The Morgan fingerprint density at radius 3 is 2.54 bits per heavy atom. The van der Waals surface area contributed by atoms with Gasteiger partial charge in [0.05, 0.1) is 18.1 Å². The zero-order valence-electron chi connectivity index (χ0n) is 20.9. The van der Waals surface area contributed by atoms with Crippen molar-refractivity contribution in [1.82, 2.24) is 4.90 Å². The van der Waals surface area contributed by atoms with Gasteiger partial charge in [0.2, 0.25) is 0 Å². The number of benzene rings is 3. The number of amides is 2. The second-order valence-corrected chi connectivity index (χ2v) is 10.1. The van der Waals surface area contributed by atoms with E-state index in [1.807, 2.05) is 74.5 Å². The Morgan fingerprint density at radius 1 is 1.08 bits per heavy atom. The Labute approximate surface area is 226 Å². The zero-order valence-corrected chi connectivity index (χ0v) is 22.5.